The number of nitrogens with zero attached hydrogens (tertiary/aromatic N) is 1. The Morgan fingerprint density at radius 1 is 1.33 bits per heavy atom. The first-order valence-corrected chi connectivity index (χ1v) is 5.10. The second-order valence-electron chi connectivity index (χ2n) is 5.27. The smallest absolute Gasteiger partial charge is 0.0279 e. The average Bonchev–Trinajstić information content (AvgIpc) is 2.37. The van der Waals surface area contributed by atoms with Crippen LogP contribution < -0.4 is 5.43 Å². The molecule has 2 fully saturated rings. The van der Waals surface area contributed by atoms with E-state index in [1.165, 1.54) is 25.8 Å². The van der Waals surface area contributed by atoms with Gasteiger partial charge in [-0.1, -0.05) is 20.8 Å². The van der Waals surface area contributed by atoms with Crippen molar-refractivity contribution in [3.63, 3.8) is 0 Å². The normalized spacial score (nSPS) is 37.2. The first-order valence-electron chi connectivity index (χ1n) is 5.10. The van der Waals surface area contributed by atoms with Crippen LogP contribution in [-0.2, 0) is 0 Å². The highest BCUT2D eigenvalue weighted by atomic mass is 15.6. The van der Waals surface area contributed by atoms with Gasteiger partial charge in [0.15, 0.2) is 0 Å². The zero-order valence-electron chi connectivity index (χ0n) is 8.43. The maximum atomic E-state index is 3.63. The van der Waals surface area contributed by atoms with Crippen LogP contribution in [0.25, 0.3) is 0 Å². The number of hydrogen-bond acceptors (Lipinski definition) is 2. The fourth-order valence-corrected chi connectivity index (χ4v) is 2.32. The summed E-state index contributed by atoms with van der Waals surface area (Å²) in [5.41, 5.74) is 4.05. The molecule has 0 radical (unpaired) electrons. The summed E-state index contributed by atoms with van der Waals surface area (Å²) in [6.07, 6.45) is 4.14. The highest BCUT2D eigenvalue weighted by molar-refractivity contribution is 4.93. The van der Waals surface area contributed by atoms with Gasteiger partial charge in [0.05, 0.1) is 0 Å². The van der Waals surface area contributed by atoms with Crippen LogP contribution in [0.2, 0.25) is 0 Å². The maximum Gasteiger partial charge on any atom is 0.0279 e. The molecule has 2 heterocycles. The Morgan fingerprint density at radius 3 is 2.67 bits per heavy atom. The molecule has 2 heteroatoms. The van der Waals surface area contributed by atoms with Crippen molar-refractivity contribution in [2.24, 2.45) is 5.41 Å². The molecule has 2 nitrogen and oxygen atoms in total. The van der Waals surface area contributed by atoms with E-state index < -0.39 is 0 Å². The third-order valence-electron chi connectivity index (χ3n) is 3.25. The van der Waals surface area contributed by atoms with Gasteiger partial charge in [-0.05, 0) is 24.7 Å². The Morgan fingerprint density at radius 2 is 2.08 bits per heavy atom. The molecular formula is C10H20N2. The molecular weight excluding hydrogens is 148 g/mol. The second-order valence-corrected chi connectivity index (χ2v) is 5.27. The summed E-state index contributed by atoms with van der Waals surface area (Å²) < 4.78 is 0. The van der Waals surface area contributed by atoms with Crippen molar-refractivity contribution in [1.29, 1.82) is 0 Å². The van der Waals surface area contributed by atoms with E-state index in [0.29, 0.717) is 11.5 Å². The quantitative estimate of drug-likeness (QED) is 0.593. The monoisotopic (exact) mass is 168 g/mol. The van der Waals surface area contributed by atoms with Crippen molar-refractivity contribution in [2.45, 2.75) is 52.1 Å². The lowest BCUT2D eigenvalue weighted by atomic mass is 9.84. The first kappa shape index (κ1) is 8.52. The van der Waals surface area contributed by atoms with Crippen molar-refractivity contribution in [3.05, 3.63) is 0 Å². The zero-order chi connectivity index (χ0) is 8.77. The summed E-state index contributed by atoms with van der Waals surface area (Å²) >= 11 is 0. The van der Waals surface area contributed by atoms with Crippen LogP contribution >= 0.6 is 0 Å². The van der Waals surface area contributed by atoms with E-state index in [2.05, 4.69) is 31.2 Å². The molecule has 0 aromatic carbocycles. The zero-order valence-corrected chi connectivity index (χ0v) is 8.43. The lowest BCUT2D eigenvalue weighted by Crippen LogP contribution is -2.41. The van der Waals surface area contributed by atoms with Gasteiger partial charge in [0, 0.05) is 18.6 Å². The molecule has 0 aromatic heterocycles. The highest BCUT2D eigenvalue weighted by Gasteiger charge is 2.39. The molecule has 2 atom stereocenters. The molecule has 70 valence electrons. The number of nitrogens with one attached hydrogen (secondary N) is 1. The van der Waals surface area contributed by atoms with Crippen molar-refractivity contribution in [2.75, 3.05) is 6.54 Å². The van der Waals surface area contributed by atoms with Crippen LogP contribution in [0, 0.1) is 5.41 Å². The summed E-state index contributed by atoms with van der Waals surface area (Å²) in [6, 6.07) is 1.54. The van der Waals surface area contributed by atoms with Crippen LogP contribution in [0.1, 0.15) is 40.0 Å². The summed E-state index contributed by atoms with van der Waals surface area (Å²) in [6.45, 7) is 8.24. The maximum absolute atomic E-state index is 3.63. The Hall–Kier alpha value is -0.0800. The molecule has 2 aliphatic rings. The molecule has 0 aliphatic carbocycles. The van der Waals surface area contributed by atoms with Gasteiger partial charge in [-0.3, -0.25) is 5.43 Å². The number of fused-ring (bicyclic) bond motifs is 1. The molecule has 1 N–H and O–H groups in total. The number of hydrazine groups is 1. The first-order chi connectivity index (χ1) is 5.57. The summed E-state index contributed by atoms with van der Waals surface area (Å²) in [5.74, 6) is 0. The van der Waals surface area contributed by atoms with E-state index in [9.17, 15) is 0 Å². The molecule has 2 aliphatic heterocycles. The predicted octanol–water partition coefficient (Wildman–Crippen LogP) is 1.77. The third kappa shape index (κ3) is 1.38. The second kappa shape index (κ2) is 2.71. The Kier molecular flexibility index (Phi) is 1.92. The van der Waals surface area contributed by atoms with Crippen molar-refractivity contribution in [3.8, 4) is 0 Å². The van der Waals surface area contributed by atoms with Crippen molar-refractivity contribution in [1.82, 2.24) is 10.4 Å². The van der Waals surface area contributed by atoms with Gasteiger partial charge >= 0.3 is 0 Å². The van der Waals surface area contributed by atoms with Crippen molar-refractivity contribution < 1.29 is 0 Å². The van der Waals surface area contributed by atoms with Gasteiger partial charge in [-0.2, -0.15) is 0 Å². The topological polar surface area (TPSA) is 15.3 Å². The van der Waals surface area contributed by atoms with Crippen LogP contribution in [0.15, 0.2) is 0 Å². The predicted molar refractivity (Wildman–Crippen MR) is 50.7 cm³/mol. The van der Waals surface area contributed by atoms with E-state index in [4.69, 9.17) is 0 Å². The van der Waals surface area contributed by atoms with Gasteiger partial charge in [0.2, 0.25) is 0 Å². The Balaban J connectivity index is 1.99. The lowest BCUT2D eigenvalue weighted by Gasteiger charge is -2.27. The van der Waals surface area contributed by atoms with E-state index in [1.807, 2.05) is 0 Å². The molecule has 0 saturated carbocycles. The number of rotatable bonds is 0. The standard InChI is InChI=1S/C10H20N2/c1-10(2,3)9-7-8-5-4-6-12(8)11-9/h8-9,11H,4-7H2,1-3H3. The van der Waals surface area contributed by atoms with E-state index in [-0.39, 0.29) is 0 Å². The summed E-state index contributed by atoms with van der Waals surface area (Å²) in [7, 11) is 0. The Labute approximate surface area is 75.3 Å². The van der Waals surface area contributed by atoms with Gasteiger partial charge in [0.25, 0.3) is 0 Å². The van der Waals surface area contributed by atoms with Gasteiger partial charge < -0.3 is 0 Å². The lowest BCUT2D eigenvalue weighted by molar-refractivity contribution is 0.188. The molecule has 12 heavy (non-hydrogen) atoms. The minimum atomic E-state index is 0.421. The fourth-order valence-electron chi connectivity index (χ4n) is 2.32. The van der Waals surface area contributed by atoms with Gasteiger partial charge in [-0.25, -0.2) is 5.01 Å². The molecule has 0 aromatic rings. The van der Waals surface area contributed by atoms with Crippen LogP contribution in [0.3, 0.4) is 0 Å². The van der Waals surface area contributed by atoms with Gasteiger partial charge in [-0.15, -0.1) is 0 Å². The van der Waals surface area contributed by atoms with Crippen LogP contribution in [-0.4, -0.2) is 23.6 Å². The molecule has 2 rings (SSSR count). The average molecular weight is 168 g/mol. The van der Waals surface area contributed by atoms with Crippen LogP contribution in [0.4, 0.5) is 0 Å². The molecule has 0 bridgehead atoms. The van der Waals surface area contributed by atoms with E-state index >= 15 is 0 Å². The summed E-state index contributed by atoms with van der Waals surface area (Å²) in [4.78, 5) is 0. The number of hydrogen-bond donors (Lipinski definition) is 1. The SMILES string of the molecule is CC(C)(C)C1CC2CCCN2N1. The summed E-state index contributed by atoms with van der Waals surface area (Å²) in [5, 5.41) is 2.45. The molecule has 0 spiro atoms. The largest absolute Gasteiger partial charge is 0.251 e. The minimum Gasteiger partial charge on any atom is -0.251 e. The molecule has 2 unspecified atom stereocenters. The van der Waals surface area contributed by atoms with E-state index in [0.717, 1.165) is 6.04 Å². The minimum absolute atomic E-state index is 0.421. The van der Waals surface area contributed by atoms with Crippen molar-refractivity contribution >= 4 is 0 Å². The Bertz CT molecular complexity index is 159. The molecule has 2 saturated heterocycles. The fraction of sp³-hybridized carbons (Fsp3) is 1.00. The van der Waals surface area contributed by atoms with Gasteiger partial charge in [0.1, 0.15) is 0 Å². The highest BCUT2D eigenvalue weighted by Crippen LogP contribution is 2.33. The van der Waals surface area contributed by atoms with Crippen LogP contribution in [0.5, 0.6) is 0 Å². The third-order valence-corrected chi connectivity index (χ3v) is 3.25. The molecule has 0 amide bonds. The van der Waals surface area contributed by atoms with E-state index in [1.54, 1.807) is 0 Å².